The molecule has 0 radical (unpaired) electrons. The lowest BCUT2D eigenvalue weighted by Crippen LogP contribution is -2.55. The first-order chi connectivity index (χ1) is 43.0. The van der Waals surface area contributed by atoms with Crippen LogP contribution in [0.5, 0.6) is 17.2 Å². The van der Waals surface area contributed by atoms with Gasteiger partial charge >= 0.3 is 17.9 Å². The molecule has 2 aliphatic carbocycles. The van der Waals surface area contributed by atoms with E-state index in [9.17, 15) is 59.1 Å². The maximum Gasteiger partial charge on any atom is 0.306 e. The molecular formula is C70H103NO18. The number of hydrogen-bond acceptors (Lipinski definition) is 18. The Morgan fingerprint density at radius 2 is 1.17 bits per heavy atom. The van der Waals surface area contributed by atoms with Gasteiger partial charge in [-0.05, 0) is 77.2 Å². The summed E-state index contributed by atoms with van der Waals surface area (Å²) in [4.78, 5) is 93.7. The zero-order valence-electron chi connectivity index (χ0n) is 53.5. The molecule has 0 saturated carbocycles. The largest absolute Gasteiger partial charge is 0.507 e. The Bertz CT molecular complexity index is 2650. The van der Waals surface area contributed by atoms with Gasteiger partial charge in [0.2, 0.25) is 11.7 Å². The third-order valence-electron chi connectivity index (χ3n) is 17.1. The SMILES string of the molecule is CCCCCCCCC=CCCCCCCCC(=O)OCC(COC(=O)CCC(=O)N[C@H]1C[C@H](O[C@H]2C[C@](O)(C(=O)CO)Cc3c(O)c4c(c(O)c32)C(=O)c2c(OC)cccc2C4=O)O[C@@H](C)[C@H]1O)OC(=O)CCCCCCCC=CCCCCCCCC. The van der Waals surface area contributed by atoms with Crippen molar-refractivity contribution < 1.29 is 87.5 Å². The molecule has 496 valence electrons. The van der Waals surface area contributed by atoms with Gasteiger partial charge in [-0.2, -0.15) is 0 Å². The highest BCUT2D eigenvalue weighted by atomic mass is 16.7. The maximum absolute atomic E-state index is 14.1. The van der Waals surface area contributed by atoms with Crippen LogP contribution >= 0.6 is 0 Å². The molecule has 1 saturated heterocycles. The van der Waals surface area contributed by atoms with E-state index in [4.69, 9.17) is 28.4 Å². The molecule has 2 aromatic rings. The number of hydrogen-bond donors (Lipinski definition) is 6. The molecule has 1 unspecified atom stereocenters. The fourth-order valence-corrected chi connectivity index (χ4v) is 11.9. The van der Waals surface area contributed by atoms with Crippen molar-refractivity contribution in [3.8, 4) is 17.2 Å². The van der Waals surface area contributed by atoms with Crippen molar-refractivity contribution in [2.75, 3.05) is 26.9 Å². The van der Waals surface area contributed by atoms with Gasteiger partial charge in [-0.3, -0.25) is 33.6 Å². The Morgan fingerprint density at radius 3 is 1.71 bits per heavy atom. The summed E-state index contributed by atoms with van der Waals surface area (Å²) in [7, 11) is 1.30. The van der Waals surface area contributed by atoms with Crippen molar-refractivity contribution in [3.63, 3.8) is 0 Å². The molecule has 5 rings (SSSR count). The number of ether oxygens (including phenoxy) is 6. The van der Waals surface area contributed by atoms with Crippen LogP contribution in [0.2, 0.25) is 0 Å². The molecule has 0 aromatic heterocycles. The Labute approximate surface area is 527 Å². The van der Waals surface area contributed by atoms with Gasteiger partial charge in [-0.25, -0.2) is 0 Å². The summed E-state index contributed by atoms with van der Waals surface area (Å²) in [6, 6.07) is 3.20. The Morgan fingerprint density at radius 1 is 0.663 bits per heavy atom. The smallest absolute Gasteiger partial charge is 0.306 e. The zero-order valence-corrected chi connectivity index (χ0v) is 53.5. The standard InChI is InChI=1S/C70H103NO18/c1-5-7-9-11-13-15-17-19-21-23-25-27-29-31-33-38-57(75)85-46-49(88-59(77)39-34-32-30-28-26-24-22-20-18-16-14-12-10-8-6-2)47-86-58(76)41-40-56(74)71-52-42-60(87-48(3)65(52)78)89-54-44-70(83,55(73)45-72)43-51-62(54)69(82)64-63(67(51)80)66(79)50-36-35-37-53(84-4)61(50)68(64)81/h19-22,35-37,48-49,52,54,60,65,72,78,80,82-83H,5-18,23-34,38-47H2,1-4H3,(H,71,74)/t48-,49?,52-,54-,60-,65+,70-/m0/s1. The van der Waals surface area contributed by atoms with Crippen LogP contribution in [0, 0.1) is 0 Å². The van der Waals surface area contributed by atoms with E-state index in [1.165, 1.54) is 109 Å². The topological polar surface area (TPSA) is 288 Å². The number of fused-ring (bicyclic) bond motifs is 3. The van der Waals surface area contributed by atoms with E-state index >= 15 is 0 Å². The van der Waals surface area contributed by atoms with Crippen LogP contribution in [0.25, 0.3) is 0 Å². The lowest BCUT2D eigenvalue weighted by Gasteiger charge is -2.43. The Kier molecular flexibility index (Phi) is 33.1. The number of benzene rings is 2. The molecule has 19 nitrogen and oxygen atoms in total. The number of aromatic hydroxyl groups is 2. The fourth-order valence-electron chi connectivity index (χ4n) is 11.9. The number of carbonyl (C=O) groups excluding carboxylic acids is 7. The summed E-state index contributed by atoms with van der Waals surface area (Å²) in [5.74, 6) is -6.74. The van der Waals surface area contributed by atoms with Crippen LogP contribution < -0.4 is 10.1 Å². The zero-order chi connectivity index (χ0) is 64.6. The van der Waals surface area contributed by atoms with Crippen molar-refractivity contribution in [2.24, 2.45) is 0 Å². The number of phenolic OH excluding ortho intramolecular Hbond substituents is 2. The molecule has 1 amide bonds. The second-order valence-corrected chi connectivity index (χ2v) is 24.3. The number of methoxy groups -OCH3 is 1. The number of carbonyl (C=O) groups is 7. The number of nitrogens with one attached hydrogen (secondary N) is 1. The third-order valence-corrected chi connectivity index (χ3v) is 17.1. The molecule has 2 aromatic carbocycles. The minimum atomic E-state index is -2.41. The van der Waals surface area contributed by atoms with Gasteiger partial charge in [0.15, 0.2) is 24.0 Å². The number of ketones is 3. The minimum absolute atomic E-state index is 0.0338. The van der Waals surface area contributed by atoms with Crippen LogP contribution in [0.15, 0.2) is 42.5 Å². The summed E-state index contributed by atoms with van der Waals surface area (Å²) < 4.78 is 34.3. The van der Waals surface area contributed by atoms with E-state index in [2.05, 4.69) is 43.5 Å². The number of allylic oxidation sites excluding steroid dienone is 4. The summed E-state index contributed by atoms with van der Waals surface area (Å²) in [5.41, 5.74) is -4.33. The van der Waals surface area contributed by atoms with Crippen LogP contribution in [0.1, 0.15) is 275 Å². The van der Waals surface area contributed by atoms with E-state index in [0.29, 0.717) is 12.8 Å². The predicted octanol–water partition coefficient (Wildman–Crippen LogP) is 12.0. The number of phenols is 2. The van der Waals surface area contributed by atoms with Gasteiger partial charge in [0, 0.05) is 55.2 Å². The van der Waals surface area contributed by atoms with Crippen molar-refractivity contribution in [1.82, 2.24) is 5.32 Å². The van der Waals surface area contributed by atoms with Gasteiger partial charge in [0.05, 0.1) is 48.5 Å². The normalized spacial score (nSPS) is 20.0. The fraction of sp³-hybridized carbons (Fsp3) is 0.671. The van der Waals surface area contributed by atoms with Gasteiger partial charge in [0.1, 0.15) is 48.8 Å². The lowest BCUT2D eigenvalue weighted by atomic mass is 9.72. The van der Waals surface area contributed by atoms with Crippen molar-refractivity contribution >= 4 is 41.2 Å². The van der Waals surface area contributed by atoms with E-state index in [0.717, 1.165) is 77.0 Å². The maximum atomic E-state index is 14.1. The van der Waals surface area contributed by atoms with Crippen molar-refractivity contribution in [2.45, 2.75) is 275 Å². The van der Waals surface area contributed by atoms with Crippen molar-refractivity contribution in [1.29, 1.82) is 0 Å². The Balaban J connectivity index is 1.12. The number of aliphatic hydroxyl groups excluding tert-OH is 2. The van der Waals surface area contributed by atoms with Crippen LogP contribution in [0.4, 0.5) is 0 Å². The summed E-state index contributed by atoms with van der Waals surface area (Å²) in [6.07, 6.45) is 29.7. The molecule has 7 atom stereocenters. The van der Waals surface area contributed by atoms with Gasteiger partial charge in [-0.1, -0.05) is 153 Å². The minimum Gasteiger partial charge on any atom is -0.507 e. The number of Topliss-reactive ketones (excluding diaryl/α,β-unsaturated/α-hetero) is 1. The van der Waals surface area contributed by atoms with E-state index in [-0.39, 0.29) is 53.9 Å². The molecule has 1 fully saturated rings. The third kappa shape index (κ3) is 23.6. The average molecular weight is 1250 g/mol. The molecule has 3 aliphatic rings. The summed E-state index contributed by atoms with van der Waals surface area (Å²) in [5, 5.41) is 59.2. The number of aliphatic hydroxyl groups is 3. The molecule has 0 spiro atoms. The number of esters is 3. The van der Waals surface area contributed by atoms with Gasteiger partial charge < -0.3 is 59.3 Å². The van der Waals surface area contributed by atoms with Crippen LogP contribution in [-0.4, -0.2) is 130 Å². The predicted molar refractivity (Wildman–Crippen MR) is 336 cm³/mol. The van der Waals surface area contributed by atoms with E-state index in [1.807, 2.05) is 0 Å². The molecule has 1 heterocycles. The first kappa shape index (κ1) is 73.7. The molecule has 89 heavy (non-hydrogen) atoms. The van der Waals surface area contributed by atoms with E-state index < -0.39 is 145 Å². The molecular weight excluding hydrogens is 1140 g/mol. The second-order valence-electron chi connectivity index (χ2n) is 24.3. The van der Waals surface area contributed by atoms with Gasteiger partial charge in [0.25, 0.3) is 0 Å². The average Bonchev–Trinajstić information content (AvgIpc) is 0.743. The number of unbranched alkanes of at least 4 members (excludes halogenated alkanes) is 22. The number of rotatable bonds is 44. The highest BCUT2D eigenvalue weighted by Gasteiger charge is 2.50. The highest BCUT2D eigenvalue weighted by Crippen LogP contribution is 2.52. The van der Waals surface area contributed by atoms with Crippen LogP contribution in [0.3, 0.4) is 0 Å². The highest BCUT2D eigenvalue weighted by molar-refractivity contribution is 6.31. The first-order valence-electron chi connectivity index (χ1n) is 33.3. The molecule has 19 heteroatoms. The Hall–Kier alpha value is -5.99. The van der Waals surface area contributed by atoms with Gasteiger partial charge in [-0.15, -0.1) is 0 Å². The monoisotopic (exact) mass is 1250 g/mol. The second kappa shape index (κ2) is 40.0. The summed E-state index contributed by atoms with van der Waals surface area (Å²) in [6.45, 7) is 4.07. The number of amides is 1. The lowest BCUT2D eigenvalue weighted by molar-refractivity contribution is -0.249. The summed E-state index contributed by atoms with van der Waals surface area (Å²) >= 11 is 0. The van der Waals surface area contributed by atoms with Crippen LogP contribution in [-0.2, 0) is 54.1 Å². The quantitative estimate of drug-likeness (QED) is 0.0101. The first-order valence-corrected chi connectivity index (χ1v) is 33.3. The van der Waals surface area contributed by atoms with Crippen molar-refractivity contribution in [3.05, 3.63) is 75.9 Å². The molecule has 0 bridgehead atoms. The molecule has 1 aliphatic heterocycles. The molecule has 6 N–H and O–H groups in total. The van der Waals surface area contributed by atoms with E-state index in [1.54, 1.807) is 0 Å².